The van der Waals surface area contributed by atoms with Gasteiger partial charge in [-0.05, 0) is 45.6 Å². The van der Waals surface area contributed by atoms with Crippen molar-refractivity contribution in [1.29, 1.82) is 0 Å². The summed E-state index contributed by atoms with van der Waals surface area (Å²) in [5.41, 5.74) is 2.75. The number of nitrogens with zero attached hydrogens (tertiary/aromatic N) is 2. The average Bonchev–Trinajstić information content (AvgIpc) is 2.30. The lowest BCUT2D eigenvalue weighted by Gasteiger charge is -2.32. The second-order valence-corrected chi connectivity index (χ2v) is 6.79. The van der Waals surface area contributed by atoms with Gasteiger partial charge in [0.15, 0.2) is 0 Å². The standard InChI is InChI=1S/C16H27N3/c1-16(2,3)18-11-14-10-17-9-8-15(14)19(4)12-13-6-5-7-13/h8-10,13,18H,5-7,11-12H2,1-4H3. The molecule has 1 aromatic rings. The van der Waals surface area contributed by atoms with Gasteiger partial charge >= 0.3 is 0 Å². The molecule has 0 spiro atoms. The number of hydrogen-bond acceptors (Lipinski definition) is 3. The zero-order valence-corrected chi connectivity index (χ0v) is 12.7. The van der Waals surface area contributed by atoms with Crippen molar-refractivity contribution >= 4 is 5.69 Å². The molecule has 106 valence electrons. The minimum Gasteiger partial charge on any atom is -0.374 e. The van der Waals surface area contributed by atoms with E-state index in [2.05, 4.69) is 49.1 Å². The Balaban J connectivity index is 2.02. The van der Waals surface area contributed by atoms with Crippen molar-refractivity contribution in [2.24, 2.45) is 5.92 Å². The first-order valence-electron chi connectivity index (χ1n) is 7.35. The maximum absolute atomic E-state index is 4.28. The number of aromatic nitrogens is 1. The molecule has 1 fully saturated rings. The fraction of sp³-hybridized carbons (Fsp3) is 0.688. The SMILES string of the molecule is CN(CC1CCC1)c1ccncc1CNC(C)(C)C. The van der Waals surface area contributed by atoms with Gasteiger partial charge in [0.25, 0.3) is 0 Å². The summed E-state index contributed by atoms with van der Waals surface area (Å²) in [4.78, 5) is 6.67. The van der Waals surface area contributed by atoms with Crippen molar-refractivity contribution in [2.45, 2.75) is 52.1 Å². The molecule has 0 atom stereocenters. The van der Waals surface area contributed by atoms with Crippen molar-refractivity contribution in [3.63, 3.8) is 0 Å². The molecule has 1 heterocycles. The Kier molecular flexibility index (Phi) is 4.46. The van der Waals surface area contributed by atoms with Crippen LogP contribution in [0.4, 0.5) is 5.69 Å². The van der Waals surface area contributed by atoms with Gasteiger partial charge in [-0.25, -0.2) is 0 Å². The monoisotopic (exact) mass is 261 g/mol. The topological polar surface area (TPSA) is 28.2 Å². The van der Waals surface area contributed by atoms with E-state index in [0.717, 1.165) is 12.5 Å². The van der Waals surface area contributed by atoms with Crippen LogP contribution in [-0.2, 0) is 6.54 Å². The van der Waals surface area contributed by atoms with E-state index >= 15 is 0 Å². The first-order chi connectivity index (χ1) is 8.96. The minimum absolute atomic E-state index is 0.139. The zero-order valence-electron chi connectivity index (χ0n) is 12.7. The number of nitrogens with one attached hydrogen (secondary N) is 1. The number of anilines is 1. The fourth-order valence-electron chi connectivity index (χ4n) is 2.45. The molecule has 1 aliphatic carbocycles. The first kappa shape index (κ1) is 14.3. The lowest BCUT2D eigenvalue weighted by molar-refractivity contribution is 0.321. The van der Waals surface area contributed by atoms with Crippen molar-refractivity contribution in [1.82, 2.24) is 10.3 Å². The predicted octanol–water partition coefficient (Wildman–Crippen LogP) is 3.21. The Morgan fingerprint density at radius 1 is 1.37 bits per heavy atom. The van der Waals surface area contributed by atoms with Crippen LogP contribution >= 0.6 is 0 Å². The Bertz CT molecular complexity index is 405. The van der Waals surface area contributed by atoms with Gasteiger partial charge in [-0.15, -0.1) is 0 Å². The lowest BCUT2D eigenvalue weighted by Crippen LogP contribution is -2.36. The van der Waals surface area contributed by atoms with Crippen LogP contribution in [0.5, 0.6) is 0 Å². The molecule has 1 aliphatic rings. The number of hydrogen-bond donors (Lipinski definition) is 1. The highest BCUT2D eigenvalue weighted by molar-refractivity contribution is 5.51. The third-order valence-electron chi connectivity index (χ3n) is 3.86. The van der Waals surface area contributed by atoms with Gasteiger partial charge in [0.1, 0.15) is 0 Å². The molecule has 0 saturated heterocycles. The van der Waals surface area contributed by atoms with Gasteiger partial charge in [-0.2, -0.15) is 0 Å². The Labute approximate surface area is 117 Å². The number of pyridine rings is 1. The molecule has 0 amide bonds. The Morgan fingerprint density at radius 3 is 2.68 bits per heavy atom. The van der Waals surface area contributed by atoms with Crippen LogP contribution in [0.3, 0.4) is 0 Å². The molecule has 1 saturated carbocycles. The van der Waals surface area contributed by atoms with Crippen LogP contribution in [0.2, 0.25) is 0 Å². The summed E-state index contributed by atoms with van der Waals surface area (Å²) >= 11 is 0. The quantitative estimate of drug-likeness (QED) is 0.882. The zero-order chi connectivity index (χ0) is 13.9. The molecule has 3 heteroatoms. The molecule has 0 unspecified atom stereocenters. The second kappa shape index (κ2) is 5.91. The van der Waals surface area contributed by atoms with Gasteiger partial charge in [0.2, 0.25) is 0 Å². The van der Waals surface area contributed by atoms with E-state index in [-0.39, 0.29) is 5.54 Å². The summed E-state index contributed by atoms with van der Waals surface area (Å²) in [7, 11) is 2.20. The summed E-state index contributed by atoms with van der Waals surface area (Å²) in [6.45, 7) is 8.64. The highest BCUT2D eigenvalue weighted by Gasteiger charge is 2.20. The van der Waals surface area contributed by atoms with Gasteiger partial charge in [0, 0.05) is 49.3 Å². The van der Waals surface area contributed by atoms with Gasteiger partial charge < -0.3 is 10.2 Å². The maximum Gasteiger partial charge on any atom is 0.0440 e. The third-order valence-corrected chi connectivity index (χ3v) is 3.86. The van der Waals surface area contributed by atoms with Crippen molar-refractivity contribution in [2.75, 3.05) is 18.5 Å². The van der Waals surface area contributed by atoms with Crippen LogP contribution in [0, 0.1) is 5.92 Å². The van der Waals surface area contributed by atoms with E-state index in [4.69, 9.17) is 0 Å². The van der Waals surface area contributed by atoms with Crippen LogP contribution in [0.1, 0.15) is 45.6 Å². The highest BCUT2D eigenvalue weighted by atomic mass is 15.1. The molecule has 1 aromatic heterocycles. The average molecular weight is 261 g/mol. The first-order valence-corrected chi connectivity index (χ1v) is 7.35. The molecule has 0 aliphatic heterocycles. The van der Waals surface area contributed by atoms with E-state index in [9.17, 15) is 0 Å². The van der Waals surface area contributed by atoms with Crippen LogP contribution in [-0.4, -0.2) is 24.1 Å². The van der Waals surface area contributed by atoms with Crippen molar-refractivity contribution in [3.8, 4) is 0 Å². The molecular formula is C16H27N3. The minimum atomic E-state index is 0.139. The number of rotatable bonds is 5. The van der Waals surface area contributed by atoms with E-state index in [1.165, 1.54) is 37.1 Å². The largest absolute Gasteiger partial charge is 0.374 e. The van der Waals surface area contributed by atoms with Crippen molar-refractivity contribution in [3.05, 3.63) is 24.0 Å². The second-order valence-electron chi connectivity index (χ2n) is 6.79. The summed E-state index contributed by atoms with van der Waals surface area (Å²) in [5, 5.41) is 3.55. The normalized spacial score (nSPS) is 16.2. The van der Waals surface area contributed by atoms with E-state index in [0.29, 0.717) is 0 Å². The molecule has 19 heavy (non-hydrogen) atoms. The predicted molar refractivity (Wildman–Crippen MR) is 81.4 cm³/mol. The Morgan fingerprint density at radius 2 is 2.11 bits per heavy atom. The molecule has 0 radical (unpaired) electrons. The van der Waals surface area contributed by atoms with Crippen LogP contribution in [0.15, 0.2) is 18.5 Å². The summed E-state index contributed by atoms with van der Waals surface area (Å²) in [6, 6.07) is 2.14. The van der Waals surface area contributed by atoms with E-state index in [1.807, 2.05) is 12.4 Å². The smallest absolute Gasteiger partial charge is 0.0440 e. The maximum atomic E-state index is 4.28. The van der Waals surface area contributed by atoms with E-state index < -0.39 is 0 Å². The van der Waals surface area contributed by atoms with Crippen molar-refractivity contribution < 1.29 is 0 Å². The summed E-state index contributed by atoms with van der Waals surface area (Å²) < 4.78 is 0. The van der Waals surface area contributed by atoms with Gasteiger partial charge in [-0.3, -0.25) is 4.98 Å². The molecule has 3 nitrogen and oxygen atoms in total. The molecule has 1 N–H and O–H groups in total. The van der Waals surface area contributed by atoms with Crippen LogP contribution < -0.4 is 10.2 Å². The Hall–Kier alpha value is -1.09. The molecular weight excluding hydrogens is 234 g/mol. The van der Waals surface area contributed by atoms with E-state index in [1.54, 1.807) is 0 Å². The summed E-state index contributed by atoms with van der Waals surface area (Å²) in [5.74, 6) is 0.890. The van der Waals surface area contributed by atoms with Gasteiger partial charge in [0.05, 0.1) is 0 Å². The molecule has 0 bridgehead atoms. The van der Waals surface area contributed by atoms with Gasteiger partial charge in [-0.1, -0.05) is 6.42 Å². The van der Waals surface area contributed by atoms with Crippen LogP contribution in [0.25, 0.3) is 0 Å². The highest BCUT2D eigenvalue weighted by Crippen LogP contribution is 2.29. The molecule has 2 rings (SSSR count). The molecule has 0 aromatic carbocycles. The summed E-state index contributed by atoms with van der Waals surface area (Å²) in [6.07, 6.45) is 8.09. The lowest BCUT2D eigenvalue weighted by atomic mass is 9.85. The fourth-order valence-corrected chi connectivity index (χ4v) is 2.45. The third kappa shape index (κ3) is 4.20.